The summed E-state index contributed by atoms with van der Waals surface area (Å²) < 4.78 is 9.96. The monoisotopic (exact) mass is 244 g/mol. The third-order valence-corrected chi connectivity index (χ3v) is 2.91. The Hall–Kier alpha value is -1.14. The van der Waals surface area contributed by atoms with Crippen molar-refractivity contribution in [3.63, 3.8) is 0 Å². The fourth-order valence-electron chi connectivity index (χ4n) is 1.81. The van der Waals surface area contributed by atoms with Crippen LogP contribution in [-0.4, -0.2) is 56.7 Å². The van der Waals surface area contributed by atoms with Gasteiger partial charge in [-0.3, -0.25) is 9.59 Å². The second-order valence-electron chi connectivity index (χ2n) is 4.10. The molecule has 0 aromatic rings. The van der Waals surface area contributed by atoms with Crippen LogP contribution in [0, 0.1) is 5.92 Å². The van der Waals surface area contributed by atoms with E-state index in [4.69, 9.17) is 15.2 Å². The lowest BCUT2D eigenvalue weighted by molar-refractivity contribution is -0.139. The minimum Gasteiger partial charge on any atom is -0.382 e. The zero-order chi connectivity index (χ0) is 12.7. The Morgan fingerprint density at radius 1 is 1.29 bits per heavy atom. The zero-order valence-electron chi connectivity index (χ0n) is 10.2. The molecule has 0 bridgehead atoms. The zero-order valence-corrected chi connectivity index (χ0v) is 10.2. The van der Waals surface area contributed by atoms with E-state index in [0.29, 0.717) is 39.1 Å². The third kappa shape index (κ3) is 4.70. The number of carbonyl (C=O) groups is 2. The molecule has 1 saturated heterocycles. The predicted octanol–water partition coefficient (Wildman–Crippen LogP) is -0.627. The van der Waals surface area contributed by atoms with Crippen molar-refractivity contribution >= 4 is 11.8 Å². The summed E-state index contributed by atoms with van der Waals surface area (Å²) in [5.41, 5.74) is 5.22. The van der Waals surface area contributed by atoms with Crippen molar-refractivity contribution in [3.05, 3.63) is 0 Å². The van der Waals surface area contributed by atoms with Crippen LogP contribution in [0.25, 0.3) is 0 Å². The molecule has 98 valence electrons. The lowest BCUT2D eigenvalue weighted by atomic mass is 9.96. The van der Waals surface area contributed by atoms with Crippen LogP contribution < -0.4 is 5.73 Å². The smallest absolute Gasteiger partial charge is 0.248 e. The van der Waals surface area contributed by atoms with Crippen molar-refractivity contribution in [2.24, 2.45) is 11.7 Å². The number of hydrogen-bond donors (Lipinski definition) is 1. The number of methoxy groups -OCH3 is 1. The van der Waals surface area contributed by atoms with E-state index in [1.165, 1.54) is 0 Å². The number of ether oxygens (including phenoxy) is 2. The van der Waals surface area contributed by atoms with Gasteiger partial charge in [0.2, 0.25) is 11.8 Å². The standard InChI is InChI=1S/C11H20N2O4/c1-16-6-7-17-8-10(14)13-4-2-9(3-5-13)11(12)15/h9H,2-8H2,1H3,(H2,12,15). The number of nitrogens with two attached hydrogens (primary N) is 1. The summed E-state index contributed by atoms with van der Waals surface area (Å²) in [7, 11) is 1.58. The average molecular weight is 244 g/mol. The minimum atomic E-state index is -0.270. The van der Waals surface area contributed by atoms with Gasteiger partial charge in [0.1, 0.15) is 6.61 Å². The summed E-state index contributed by atoms with van der Waals surface area (Å²) in [5, 5.41) is 0. The third-order valence-electron chi connectivity index (χ3n) is 2.91. The molecule has 0 atom stereocenters. The van der Waals surface area contributed by atoms with Gasteiger partial charge in [0.25, 0.3) is 0 Å². The van der Waals surface area contributed by atoms with Crippen LogP contribution in [0.4, 0.5) is 0 Å². The fourth-order valence-corrected chi connectivity index (χ4v) is 1.81. The van der Waals surface area contributed by atoms with E-state index in [1.807, 2.05) is 0 Å². The maximum Gasteiger partial charge on any atom is 0.248 e. The van der Waals surface area contributed by atoms with E-state index < -0.39 is 0 Å². The molecule has 17 heavy (non-hydrogen) atoms. The number of primary amides is 1. The molecule has 6 nitrogen and oxygen atoms in total. The molecule has 0 unspecified atom stereocenters. The molecule has 2 amide bonds. The van der Waals surface area contributed by atoms with Gasteiger partial charge < -0.3 is 20.1 Å². The van der Waals surface area contributed by atoms with Gasteiger partial charge in [-0.05, 0) is 12.8 Å². The Balaban J connectivity index is 2.19. The van der Waals surface area contributed by atoms with E-state index >= 15 is 0 Å². The number of piperidine rings is 1. The molecular formula is C11H20N2O4. The normalized spacial score (nSPS) is 17.1. The maximum atomic E-state index is 11.7. The number of hydrogen-bond acceptors (Lipinski definition) is 4. The molecule has 0 aromatic heterocycles. The van der Waals surface area contributed by atoms with Gasteiger partial charge in [-0.15, -0.1) is 0 Å². The predicted molar refractivity (Wildman–Crippen MR) is 61.2 cm³/mol. The van der Waals surface area contributed by atoms with Crippen molar-refractivity contribution in [3.8, 4) is 0 Å². The van der Waals surface area contributed by atoms with Gasteiger partial charge in [0.05, 0.1) is 13.2 Å². The van der Waals surface area contributed by atoms with E-state index in [2.05, 4.69) is 0 Å². The fraction of sp³-hybridized carbons (Fsp3) is 0.818. The summed E-state index contributed by atoms with van der Waals surface area (Å²) >= 11 is 0. The molecule has 1 aliphatic heterocycles. The van der Waals surface area contributed by atoms with Gasteiger partial charge >= 0.3 is 0 Å². The first-order valence-corrected chi connectivity index (χ1v) is 5.79. The first-order valence-electron chi connectivity index (χ1n) is 5.79. The first-order chi connectivity index (χ1) is 8.15. The van der Waals surface area contributed by atoms with Gasteiger partial charge in [0, 0.05) is 26.1 Å². The summed E-state index contributed by atoms with van der Waals surface area (Å²) in [6, 6.07) is 0. The van der Waals surface area contributed by atoms with Crippen LogP contribution in [-0.2, 0) is 19.1 Å². The Kier molecular flexibility index (Phi) is 5.93. The van der Waals surface area contributed by atoms with Gasteiger partial charge in [-0.25, -0.2) is 0 Å². The van der Waals surface area contributed by atoms with Gasteiger partial charge in [-0.1, -0.05) is 0 Å². The molecule has 6 heteroatoms. The second kappa shape index (κ2) is 7.24. The van der Waals surface area contributed by atoms with Crippen LogP contribution in [0.2, 0.25) is 0 Å². The maximum absolute atomic E-state index is 11.7. The summed E-state index contributed by atoms with van der Waals surface area (Å²) in [4.78, 5) is 24.4. The highest BCUT2D eigenvalue weighted by atomic mass is 16.5. The lowest BCUT2D eigenvalue weighted by Gasteiger charge is -2.30. The lowest BCUT2D eigenvalue weighted by Crippen LogP contribution is -2.43. The molecule has 0 saturated carbocycles. The molecular weight excluding hydrogens is 224 g/mol. The summed E-state index contributed by atoms with van der Waals surface area (Å²) in [6.45, 7) is 2.14. The Labute approximate surface area is 101 Å². The molecule has 2 N–H and O–H groups in total. The average Bonchev–Trinajstić information content (AvgIpc) is 2.34. The van der Waals surface area contributed by atoms with E-state index in [-0.39, 0.29) is 24.3 Å². The molecule has 1 heterocycles. The Morgan fingerprint density at radius 2 is 1.94 bits per heavy atom. The van der Waals surface area contributed by atoms with E-state index in [1.54, 1.807) is 12.0 Å². The van der Waals surface area contributed by atoms with Crippen molar-refractivity contribution in [1.82, 2.24) is 4.90 Å². The topological polar surface area (TPSA) is 81.9 Å². The van der Waals surface area contributed by atoms with Crippen molar-refractivity contribution in [2.75, 3.05) is 40.0 Å². The van der Waals surface area contributed by atoms with Gasteiger partial charge in [-0.2, -0.15) is 0 Å². The second-order valence-corrected chi connectivity index (χ2v) is 4.10. The highest BCUT2D eigenvalue weighted by Gasteiger charge is 2.25. The van der Waals surface area contributed by atoms with Gasteiger partial charge in [0.15, 0.2) is 0 Å². The highest BCUT2D eigenvalue weighted by molar-refractivity contribution is 5.79. The van der Waals surface area contributed by atoms with Crippen molar-refractivity contribution < 1.29 is 19.1 Å². The van der Waals surface area contributed by atoms with Crippen LogP contribution in [0.3, 0.4) is 0 Å². The minimum absolute atomic E-state index is 0.0379. The SMILES string of the molecule is COCCOCC(=O)N1CCC(C(N)=O)CC1. The first kappa shape index (κ1) is 13.9. The molecule has 0 radical (unpaired) electrons. The highest BCUT2D eigenvalue weighted by Crippen LogP contribution is 2.16. The summed E-state index contributed by atoms with van der Waals surface area (Å²) in [5.74, 6) is -0.397. The molecule has 0 spiro atoms. The molecule has 1 aliphatic rings. The van der Waals surface area contributed by atoms with Crippen LogP contribution in [0.5, 0.6) is 0 Å². The van der Waals surface area contributed by atoms with Crippen molar-refractivity contribution in [2.45, 2.75) is 12.8 Å². The Bertz CT molecular complexity index is 262. The quantitative estimate of drug-likeness (QED) is 0.631. The van der Waals surface area contributed by atoms with Crippen LogP contribution in [0.15, 0.2) is 0 Å². The number of likely N-dealkylation sites (tertiary alicyclic amines) is 1. The Morgan fingerprint density at radius 3 is 2.47 bits per heavy atom. The number of nitrogens with zero attached hydrogens (tertiary/aromatic N) is 1. The molecule has 0 aliphatic carbocycles. The molecule has 1 fully saturated rings. The van der Waals surface area contributed by atoms with E-state index in [0.717, 1.165) is 0 Å². The molecule has 0 aromatic carbocycles. The van der Waals surface area contributed by atoms with Crippen LogP contribution in [0.1, 0.15) is 12.8 Å². The van der Waals surface area contributed by atoms with E-state index in [9.17, 15) is 9.59 Å². The number of carbonyl (C=O) groups excluding carboxylic acids is 2. The summed E-state index contributed by atoms with van der Waals surface area (Å²) in [6.07, 6.45) is 1.30. The number of rotatable bonds is 6. The van der Waals surface area contributed by atoms with Crippen LogP contribution >= 0.6 is 0 Å². The van der Waals surface area contributed by atoms with Crippen molar-refractivity contribution in [1.29, 1.82) is 0 Å². The number of amides is 2. The largest absolute Gasteiger partial charge is 0.382 e. The molecule has 1 rings (SSSR count).